The van der Waals surface area contributed by atoms with E-state index in [9.17, 15) is 13.2 Å². The molecule has 2 amide bonds. The van der Waals surface area contributed by atoms with E-state index in [1.165, 1.54) is 10.6 Å². The number of carbonyl (C=O) groups excluding carboxylic acids is 1. The van der Waals surface area contributed by atoms with Gasteiger partial charge in [-0.05, 0) is 36.6 Å². The van der Waals surface area contributed by atoms with Crippen LogP contribution in [0.25, 0.3) is 0 Å². The van der Waals surface area contributed by atoms with E-state index in [4.69, 9.17) is 28.9 Å². The van der Waals surface area contributed by atoms with Crippen LogP contribution in [0.5, 0.6) is 0 Å². The van der Waals surface area contributed by atoms with Crippen LogP contribution >= 0.6 is 23.2 Å². The number of rotatable bonds is 4. The smallest absolute Gasteiger partial charge is 0.320 e. The van der Waals surface area contributed by atoms with E-state index in [-0.39, 0.29) is 17.9 Å². The molecule has 2 saturated heterocycles. The van der Waals surface area contributed by atoms with Crippen molar-refractivity contribution in [2.45, 2.75) is 12.3 Å². The molecule has 10 heteroatoms. The van der Waals surface area contributed by atoms with Crippen molar-refractivity contribution in [2.75, 3.05) is 52.1 Å². The predicted molar refractivity (Wildman–Crippen MR) is 111 cm³/mol. The van der Waals surface area contributed by atoms with E-state index in [0.29, 0.717) is 55.9 Å². The zero-order chi connectivity index (χ0) is 20.5. The molecule has 2 N–H and O–H groups in total. The second-order valence-electron chi connectivity index (χ2n) is 7.45. The minimum Gasteiger partial charge on any atom is -0.330 e. The first-order valence-corrected chi connectivity index (χ1v) is 11.9. The molecule has 0 aliphatic carbocycles. The van der Waals surface area contributed by atoms with Crippen molar-refractivity contribution in [1.82, 2.24) is 14.1 Å². The molecule has 7 nitrogen and oxygen atoms in total. The van der Waals surface area contributed by atoms with E-state index in [1.807, 2.05) is 17.0 Å². The Morgan fingerprint density at radius 1 is 1.11 bits per heavy atom. The van der Waals surface area contributed by atoms with Crippen LogP contribution in [-0.4, -0.2) is 80.6 Å². The fourth-order valence-corrected chi connectivity index (χ4v) is 5.20. The summed E-state index contributed by atoms with van der Waals surface area (Å²) in [6.45, 7) is 3.25. The molecule has 0 bridgehead atoms. The van der Waals surface area contributed by atoms with Crippen molar-refractivity contribution in [3.05, 3.63) is 33.8 Å². The van der Waals surface area contributed by atoms with Crippen LogP contribution in [-0.2, 0) is 10.0 Å². The van der Waals surface area contributed by atoms with Crippen LogP contribution in [0.3, 0.4) is 0 Å². The molecule has 156 valence electrons. The average molecular weight is 449 g/mol. The van der Waals surface area contributed by atoms with E-state index in [2.05, 4.69) is 0 Å². The fraction of sp³-hybridized carbons (Fsp3) is 0.611. The molecule has 1 aromatic carbocycles. The third kappa shape index (κ3) is 4.74. The number of nitrogens with zero attached hydrogens (tertiary/aromatic N) is 3. The summed E-state index contributed by atoms with van der Waals surface area (Å²) < 4.78 is 24.7. The van der Waals surface area contributed by atoms with Gasteiger partial charge in [0.1, 0.15) is 0 Å². The molecule has 1 aromatic rings. The molecule has 0 saturated carbocycles. The molecule has 3 rings (SSSR count). The summed E-state index contributed by atoms with van der Waals surface area (Å²) in [5.74, 6) is 0.406. The lowest BCUT2D eigenvalue weighted by atomic mass is 9.87. The summed E-state index contributed by atoms with van der Waals surface area (Å²) >= 11 is 12.2. The van der Waals surface area contributed by atoms with Gasteiger partial charge in [-0.25, -0.2) is 13.2 Å². The topological polar surface area (TPSA) is 87.0 Å². The van der Waals surface area contributed by atoms with Gasteiger partial charge in [0, 0.05) is 45.2 Å². The van der Waals surface area contributed by atoms with Crippen LogP contribution in [0.15, 0.2) is 18.2 Å². The monoisotopic (exact) mass is 448 g/mol. The molecule has 0 aromatic heterocycles. The second kappa shape index (κ2) is 8.75. The maximum absolute atomic E-state index is 13.0. The Hall–Kier alpha value is -1.06. The normalized spacial score (nSPS) is 24.0. The number of likely N-dealkylation sites (tertiary alicyclic amines) is 1. The highest BCUT2D eigenvalue weighted by Gasteiger charge is 2.38. The number of halogens is 2. The van der Waals surface area contributed by atoms with Crippen LogP contribution < -0.4 is 5.73 Å². The number of carbonyl (C=O) groups is 1. The molecule has 2 atom stereocenters. The molecular weight excluding hydrogens is 423 g/mol. The standard InChI is InChI=1S/C18H26Cl2N4O3S/c1-28(26,27)24-8-6-22(7-9-24)18(25)23-11-14(4-5-21)15(12-23)13-2-3-16(19)17(20)10-13/h2-3,10,14-15H,4-9,11-12,21H2,1H3/t14-,15-/m1/s1. The van der Waals surface area contributed by atoms with Crippen LogP contribution in [0, 0.1) is 5.92 Å². The number of piperazine rings is 1. The lowest BCUT2D eigenvalue weighted by molar-refractivity contribution is 0.140. The van der Waals surface area contributed by atoms with Gasteiger partial charge in [-0.1, -0.05) is 29.3 Å². The number of hydrogen-bond donors (Lipinski definition) is 1. The molecule has 2 aliphatic heterocycles. The Morgan fingerprint density at radius 3 is 2.36 bits per heavy atom. The van der Waals surface area contributed by atoms with E-state index in [0.717, 1.165) is 12.0 Å². The maximum Gasteiger partial charge on any atom is 0.320 e. The molecule has 0 unspecified atom stereocenters. The van der Waals surface area contributed by atoms with E-state index >= 15 is 0 Å². The Bertz CT molecular complexity index is 828. The van der Waals surface area contributed by atoms with Gasteiger partial charge < -0.3 is 15.5 Å². The number of benzene rings is 1. The molecule has 0 spiro atoms. The lowest BCUT2D eigenvalue weighted by Crippen LogP contribution is -2.53. The largest absolute Gasteiger partial charge is 0.330 e. The van der Waals surface area contributed by atoms with Gasteiger partial charge in [0.15, 0.2) is 0 Å². The fourth-order valence-electron chi connectivity index (χ4n) is 4.07. The molecule has 0 radical (unpaired) electrons. The number of hydrogen-bond acceptors (Lipinski definition) is 4. The van der Waals surface area contributed by atoms with Crippen molar-refractivity contribution in [3.63, 3.8) is 0 Å². The van der Waals surface area contributed by atoms with Gasteiger partial charge in [-0.15, -0.1) is 0 Å². The maximum atomic E-state index is 13.0. The summed E-state index contributed by atoms with van der Waals surface area (Å²) in [6, 6.07) is 5.57. The molecule has 2 heterocycles. The van der Waals surface area contributed by atoms with Crippen molar-refractivity contribution >= 4 is 39.3 Å². The van der Waals surface area contributed by atoms with Crippen LogP contribution in [0.4, 0.5) is 4.79 Å². The SMILES string of the molecule is CS(=O)(=O)N1CCN(C(=O)N2C[C@@H](CCN)[C@@H](c3ccc(Cl)c(Cl)c3)C2)CC1. The van der Waals surface area contributed by atoms with Gasteiger partial charge >= 0.3 is 6.03 Å². The van der Waals surface area contributed by atoms with E-state index < -0.39 is 10.0 Å². The van der Waals surface area contributed by atoms with E-state index in [1.54, 1.807) is 11.0 Å². The highest BCUT2D eigenvalue weighted by atomic mass is 35.5. The highest BCUT2D eigenvalue weighted by Crippen LogP contribution is 2.37. The van der Waals surface area contributed by atoms with Gasteiger partial charge in [0.2, 0.25) is 10.0 Å². The Kier molecular flexibility index (Phi) is 6.76. The second-order valence-corrected chi connectivity index (χ2v) is 10.3. The van der Waals surface area contributed by atoms with Gasteiger partial charge in [0.25, 0.3) is 0 Å². The zero-order valence-electron chi connectivity index (χ0n) is 15.9. The number of sulfonamides is 1. The highest BCUT2D eigenvalue weighted by molar-refractivity contribution is 7.88. The van der Waals surface area contributed by atoms with Gasteiger partial charge in [-0.2, -0.15) is 4.31 Å². The van der Waals surface area contributed by atoms with Crippen molar-refractivity contribution in [1.29, 1.82) is 0 Å². The van der Waals surface area contributed by atoms with Crippen molar-refractivity contribution < 1.29 is 13.2 Å². The zero-order valence-corrected chi connectivity index (χ0v) is 18.2. The number of amides is 2. The predicted octanol–water partition coefficient (Wildman–Crippen LogP) is 2.05. The van der Waals surface area contributed by atoms with Gasteiger partial charge in [0.05, 0.1) is 16.3 Å². The third-order valence-corrected chi connectivity index (χ3v) is 7.64. The van der Waals surface area contributed by atoms with Crippen LogP contribution in [0.2, 0.25) is 10.0 Å². The quantitative estimate of drug-likeness (QED) is 0.763. The Labute approximate surface area is 176 Å². The summed E-state index contributed by atoms with van der Waals surface area (Å²) in [5.41, 5.74) is 6.86. The summed E-state index contributed by atoms with van der Waals surface area (Å²) in [4.78, 5) is 16.6. The van der Waals surface area contributed by atoms with Crippen LogP contribution in [0.1, 0.15) is 17.9 Å². The number of urea groups is 1. The third-order valence-electron chi connectivity index (χ3n) is 5.60. The van der Waals surface area contributed by atoms with Crippen molar-refractivity contribution in [2.24, 2.45) is 11.7 Å². The number of nitrogens with two attached hydrogens (primary N) is 1. The minimum atomic E-state index is -3.22. The lowest BCUT2D eigenvalue weighted by Gasteiger charge is -2.35. The molecule has 2 fully saturated rings. The first-order valence-electron chi connectivity index (χ1n) is 9.34. The Morgan fingerprint density at radius 2 is 1.79 bits per heavy atom. The molecule has 28 heavy (non-hydrogen) atoms. The summed E-state index contributed by atoms with van der Waals surface area (Å²) in [5, 5.41) is 1.02. The average Bonchev–Trinajstić information content (AvgIpc) is 3.07. The first kappa shape index (κ1) is 21.6. The summed E-state index contributed by atoms with van der Waals surface area (Å²) in [6.07, 6.45) is 2.01. The first-order chi connectivity index (χ1) is 13.2. The molecular formula is C18H26Cl2N4O3S. The summed E-state index contributed by atoms with van der Waals surface area (Å²) in [7, 11) is -3.22. The minimum absolute atomic E-state index is 0.0438. The Balaban J connectivity index is 1.69. The molecule has 2 aliphatic rings. The van der Waals surface area contributed by atoms with Gasteiger partial charge in [-0.3, -0.25) is 0 Å². The van der Waals surface area contributed by atoms with Crippen molar-refractivity contribution in [3.8, 4) is 0 Å².